The second kappa shape index (κ2) is 6.44. The Hall–Kier alpha value is -0.140. The fourth-order valence-electron chi connectivity index (χ4n) is 0.974. The molecule has 0 aliphatic carbocycles. The number of ether oxygens (including phenoxy) is 1. The highest BCUT2D eigenvalue weighted by Gasteiger charge is 2.05. The lowest BCUT2D eigenvalue weighted by molar-refractivity contribution is -0.120. The van der Waals surface area contributed by atoms with Crippen LogP contribution in [0.1, 0.15) is 6.92 Å². The van der Waals surface area contributed by atoms with Crippen molar-refractivity contribution >= 4 is 50.1 Å². The number of amides is 1. The first-order valence-corrected chi connectivity index (χ1v) is 6.33. The quantitative estimate of drug-likeness (QED) is 0.811. The van der Waals surface area contributed by atoms with Gasteiger partial charge in [-0.15, -0.1) is 0 Å². The maximum atomic E-state index is 11.4. The van der Waals surface area contributed by atoms with Gasteiger partial charge in [-0.05, 0) is 47.7 Å². The van der Waals surface area contributed by atoms with Gasteiger partial charge >= 0.3 is 0 Å². The smallest absolute Gasteiger partial charge is 0.250 e. The van der Waals surface area contributed by atoms with Crippen molar-refractivity contribution in [1.29, 1.82) is 0 Å². The summed E-state index contributed by atoms with van der Waals surface area (Å²) in [6.45, 7) is 2.50. The van der Waals surface area contributed by atoms with E-state index in [1.165, 1.54) is 0 Å². The van der Waals surface area contributed by atoms with Gasteiger partial charge < -0.3 is 10.1 Å². The molecule has 0 radical (unpaired) electrons. The minimum Gasteiger partial charge on any atom is -0.372 e. The monoisotopic (exact) mass is 383 g/mol. The predicted octanol–water partition coefficient (Wildman–Crippen LogP) is 3.03. The molecule has 0 bridgehead atoms. The number of benzene rings is 1. The second-order valence-corrected chi connectivity index (χ2v) is 4.89. The molecule has 0 aromatic heterocycles. The van der Waals surface area contributed by atoms with E-state index >= 15 is 0 Å². The summed E-state index contributed by atoms with van der Waals surface area (Å²) in [5.74, 6) is -0.132. The summed E-state index contributed by atoms with van der Waals surface area (Å²) in [6.07, 6.45) is 0. The molecule has 0 heterocycles. The predicted molar refractivity (Wildman–Crippen MR) is 72.0 cm³/mol. The number of nitrogens with one attached hydrogen (secondary N) is 1. The van der Waals surface area contributed by atoms with Gasteiger partial charge in [0.05, 0.1) is 5.69 Å². The van der Waals surface area contributed by atoms with E-state index in [1.807, 2.05) is 25.1 Å². The molecule has 1 amide bonds. The molecule has 0 saturated heterocycles. The van der Waals surface area contributed by atoms with Crippen LogP contribution in [0.3, 0.4) is 0 Å². The molecule has 1 aromatic carbocycles. The maximum Gasteiger partial charge on any atom is 0.250 e. The summed E-state index contributed by atoms with van der Waals surface area (Å²) in [5.41, 5.74) is 0.801. The van der Waals surface area contributed by atoms with Crippen LogP contribution in [0.2, 0.25) is 0 Å². The fraction of sp³-hybridized carbons (Fsp3) is 0.300. The Kier molecular flexibility index (Phi) is 5.55. The first kappa shape index (κ1) is 12.9. The van der Waals surface area contributed by atoms with E-state index in [1.54, 1.807) is 0 Å². The average Bonchev–Trinajstić information content (AvgIpc) is 2.20. The lowest BCUT2D eigenvalue weighted by Gasteiger charge is -2.07. The van der Waals surface area contributed by atoms with Crippen molar-refractivity contribution in [2.75, 3.05) is 18.5 Å². The van der Waals surface area contributed by atoms with E-state index in [0.29, 0.717) is 6.61 Å². The largest absolute Gasteiger partial charge is 0.372 e. The van der Waals surface area contributed by atoms with Gasteiger partial charge in [0.1, 0.15) is 6.61 Å². The zero-order valence-corrected chi connectivity index (χ0v) is 12.0. The highest BCUT2D eigenvalue weighted by Crippen LogP contribution is 2.22. The van der Waals surface area contributed by atoms with Gasteiger partial charge in [0.25, 0.3) is 0 Å². The van der Waals surface area contributed by atoms with Gasteiger partial charge in [0.2, 0.25) is 5.91 Å². The van der Waals surface area contributed by atoms with E-state index in [-0.39, 0.29) is 12.5 Å². The first-order chi connectivity index (χ1) is 7.13. The molecule has 3 nitrogen and oxygen atoms in total. The molecule has 15 heavy (non-hydrogen) atoms. The van der Waals surface area contributed by atoms with Crippen molar-refractivity contribution in [2.45, 2.75) is 6.92 Å². The van der Waals surface area contributed by atoms with Gasteiger partial charge in [0.15, 0.2) is 0 Å². The van der Waals surface area contributed by atoms with Gasteiger partial charge in [-0.3, -0.25) is 4.79 Å². The van der Waals surface area contributed by atoms with Crippen molar-refractivity contribution in [3.05, 3.63) is 26.2 Å². The van der Waals surface area contributed by atoms with Gasteiger partial charge in [-0.1, -0.05) is 15.9 Å². The van der Waals surface area contributed by atoms with E-state index in [9.17, 15) is 4.79 Å². The fourth-order valence-corrected chi connectivity index (χ4v) is 1.81. The van der Waals surface area contributed by atoms with E-state index < -0.39 is 0 Å². The average molecular weight is 384 g/mol. The van der Waals surface area contributed by atoms with Crippen LogP contribution in [0.15, 0.2) is 22.7 Å². The Labute approximate surface area is 111 Å². The molecular formula is C10H11BrINO2. The molecule has 0 aliphatic rings. The topological polar surface area (TPSA) is 38.3 Å². The molecule has 82 valence electrons. The molecule has 0 aliphatic heterocycles. The Balaban J connectivity index is 2.63. The van der Waals surface area contributed by atoms with Crippen molar-refractivity contribution in [2.24, 2.45) is 0 Å². The van der Waals surface area contributed by atoms with Crippen LogP contribution in [0, 0.1) is 3.57 Å². The minimum atomic E-state index is -0.132. The molecule has 0 atom stereocenters. The Morgan fingerprint density at radius 2 is 2.33 bits per heavy atom. The zero-order valence-electron chi connectivity index (χ0n) is 8.22. The summed E-state index contributed by atoms with van der Waals surface area (Å²) in [6, 6.07) is 5.73. The molecule has 1 N–H and O–H groups in total. The standard InChI is InChI=1S/C10H11BrINO2/c1-2-15-6-10(14)13-9-5-7(11)3-4-8(9)12/h3-5H,2,6H2,1H3,(H,13,14). The van der Waals surface area contributed by atoms with Crippen LogP contribution in [0.5, 0.6) is 0 Å². The van der Waals surface area contributed by atoms with Crippen LogP contribution in [-0.2, 0) is 9.53 Å². The maximum absolute atomic E-state index is 11.4. The lowest BCUT2D eigenvalue weighted by Crippen LogP contribution is -2.18. The Morgan fingerprint density at radius 3 is 3.00 bits per heavy atom. The molecule has 1 aromatic rings. The van der Waals surface area contributed by atoms with Gasteiger partial charge in [0, 0.05) is 14.6 Å². The highest BCUT2D eigenvalue weighted by molar-refractivity contribution is 14.1. The van der Waals surface area contributed by atoms with E-state index in [4.69, 9.17) is 4.74 Å². The molecule has 0 fully saturated rings. The number of hydrogen-bond acceptors (Lipinski definition) is 2. The zero-order chi connectivity index (χ0) is 11.3. The summed E-state index contributed by atoms with van der Waals surface area (Å²) >= 11 is 5.52. The third-order valence-corrected chi connectivity index (χ3v) is 3.07. The van der Waals surface area contributed by atoms with Crippen molar-refractivity contribution in [3.8, 4) is 0 Å². The van der Waals surface area contributed by atoms with Crippen LogP contribution in [-0.4, -0.2) is 19.1 Å². The van der Waals surface area contributed by atoms with E-state index in [2.05, 4.69) is 43.8 Å². The van der Waals surface area contributed by atoms with Gasteiger partial charge in [-0.25, -0.2) is 0 Å². The Bertz CT molecular complexity index is 357. The second-order valence-electron chi connectivity index (χ2n) is 2.81. The summed E-state index contributed by atoms with van der Waals surface area (Å²) in [4.78, 5) is 11.4. The third-order valence-electron chi connectivity index (χ3n) is 1.64. The summed E-state index contributed by atoms with van der Waals surface area (Å²) < 4.78 is 6.95. The molecule has 0 saturated carbocycles. The van der Waals surface area contributed by atoms with Crippen LogP contribution in [0.4, 0.5) is 5.69 Å². The lowest BCUT2D eigenvalue weighted by atomic mass is 10.3. The van der Waals surface area contributed by atoms with Crippen LogP contribution < -0.4 is 5.32 Å². The molecular weight excluding hydrogens is 373 g/mol. The van der Waals surface area contributed by atoms with Crippen LogP contribution in [0.25, 0.3) is 0 Å². The summed E-state index contributed by atoms with van der Waals surface area (Å²) in [5, 5.41) is 2.78. The first-order valence-electron chi connectivity index (χ1n) is 4.46. The van der Waals surface area contributed by atoms with E-state index in [0.717, 1.165) is 13.7 Å². The number of carbonyl (C=O) groups is 1. The number of hydrogen-bond donors (Lipinski definition) is 1. The summed E-state index contributed by atoms with van der Waals surface area (Å²) in [7, 11) is 0. The van der Waals surface area contributed by atoms with Crippen LogP contribution >= 0.6 is 38.5 Å². The number of halogens is 2. The minimum absolute atomic E-state index is 0.0963. The number of rotatable bonds is 4. The SMILES string of the molecule is CCOCC(=O)Nc1cc(Br)ccc1I. The number of anilines is 1. The molecule has 1 rings (SSSR count). The highest BCUT2D eigenvalue weighted by atomic mass is 127. The molecule has 5 heteroatoms. The normalized spacial score (nSPS) is 10.1. The van der Waals surface area contributed by atoms with Crippen molar-refractivity contribution in [3.63, 3.8) is 0 Å². The third kappa shape index (κ3) is 4.48. The Morgan fingerprint density at radius 1 is 1.60 bits per heavy atom. The molecule has 0 unspecified atom stereocenters. The number of carbonyl (C=O) groups excluding carboxylic acids is 1. The van der Waals surface area contributed by atoms with Crippen molar-refractivity contribution < 1.29 is 9.53 Å². The van der Waals surface area contributed by atoms with Gasteiger partial charge in [-0.2, -0.15) is 0 Å². The molecule has 0 spiro atoms. The van der Waals surface area contributed by atoms with Crippen molar-refractivity contribution in [1.82, 2.24) is 0 Å².